The minimum absolute atomic E-state index is 0.552. The van der Waals surface area contributed by atoms with E-state index in [-0.39, 0.29) is 0 Å². The second-order valence-electron chi connectivity index (χ2n) is 2.25. The monoisotopic (exact) mass is 319 g/mol. The Morgan fingerprint density at radius 3 is 2.15 bits per heavy atom. The largest absolute Gasteiger partial charge is 0.192 e. The molecule has 1 aromatic rings. The number of nitrogens with zero attached hydrogens (tertiary/aromatic N) is 1. The van der Waals surface area contributed by atoms with E-state index in [1.54, 1.807) is 24.3 Å². The highest BCUT2D eigenvalue weighted by Crippen LogP contribution is 2.27. The molecular weight excluding hydrogens is 317 g/mol. The lowest BCUT2D eigenvalue weighted by molar-refractivity contribution is 1.52. The Balaban J connectivity index is 3.17. The Morgan fingerprint density at radius 2 is 1.77 bits per heavy atom. The number of nitriles is 1. The van der Waals surface area contributed by atoms with E-state index < -0.39 is 0 Å². The summed E-state index contributed by atoms with van der Waals surface area (Å²) in [5.41, 5.74) is 1.38. The van der Waals surface area contributed by atoms with E-state index in [0.29, 0.717) is 14.0 Å². The summed E-state index contributed by atoms with van der Waals surface area (Å²) >= 11 is 12.1. The fourth-order valence-electron chi connectivity index (χ4n) is 0.832. The molecule has 1 aromatic carbocycles. The maximum atomic E-state index is 8.82. The lowest BCUT2D eigenvalue weighted by Crippen LogP contribution is -1.80. The van der Waals surface area contributed by atoms with Gasteiger partial charge in [0.15, 0.2) is 0 Å². The predicted molar refractivity (Wildman–Crippen MR) is 61.8 cm³/mol. The summed E-state index contributed by atoms with van der Waals surface area (Å²) in [6.45, 7) is 0. The van der Waals surface area contributed by atoms with Crippen LogP contribution in [0, 0.1) is 11.3 Å². The molecule has 0 atom stereocenters. The number of rotatable bonds is 1. The third-order valence-corrected chi connectivity index (χ3v) is 2.48. The summed E-state index contributed by atoms with van der Waals surface area (Å²) in [5.74, 6) is 0. The first-order valence-corrected chi connectivity index (χ1v) is 5.33. The molecule has 0 radical (unpaired) electrons. The van der Waals surface area contributed by atoms with Crippen LogP contribution in [0.3, 0.4) is 0 Å². The second-order valence-corrected chi connectivity index (χ2v) is 5.34. The van der Waals surface area contributed by atoms with Crippen LogP contribution in [0.4, 0.5) is 0 Å². The van der Waals surface area contributed by atoms with Crippen molar-refractivity contribution in [2.45, 2.75) is 0 Å². The molecular formula is C9H4Br2ClN. The van der Waals surface area contributed by atoms with Gasteiger partial charge >= 0.3 is 0 Å². The molecule has 0 fully saturated rings. The van der Waals surface area contributed by atoms with Crippen LogP contribution in [-0.4, -0.2) is 0 Å². The van der Waals surface area contributed by atoms with Gasteiger partial charge in [0.2, 0.25) is 0 Å². The van der Waals surface area contributed by atoms with E-state index in [0.717, 1.165) is 5.56 Å². The van der Waals surface area contributed by atoms with Crippen molar-refractivity contribution in [3.05, 3.63) is 38.2 Å². The molecule has 0 aliphatic heterocycles. The van der Waals surface area contributed by atoms with Gasteiger partial charge in [-0.2, -0.15) is 5.26 Å². The van der Waals surface area contributed by atoms with Crippen LogP contribution < -0.4 is 0 Å². The van der Waals surface area contributed by atoms with Crippen LogP contribution in [0.5, 0.6) is 0 Å². The van der Waals surface area contributed by atoms with Gasteiger partial charge in [0.1, 0.15) is 6.07 Å². The molecule has 0 saturated carbocycles. The van der Waals surface area contributed by atoms with Crippen molar-refractivity contribution in [1.29, 1.82) is 5.26 Å². The van der Waals surface area contributed by atoms with Gasteiger partial charge in [-0.25, -0.2) is 0 Å². The number of hydrogen-bond acceptors (Lipinski definition) is 1. The topological polar surface area (TPSA) is 23.8 Å². The van der Waals surface area contributed by atoms with E-state index in [2.05, 4.69) is 37.9 Å². The minimum Gasteiger partial charge on any atom is -0.192 e. The van der Waals surface area contributed by atoms with Crippen LogP contribution in [0.25, 0.3) is 5.57 Å². The number of allylic oxidation sites excluding steroid dienone is 1. The average Bonchev–Trinajstić information content (AvgIpc) is 2.09. The lowest BCUT2D eigenvalue weighted by Gasteiger charge is -1.98. The van der Waals surface area contributed by atoms with Crippen LogP contribution in [0.15, 0.2) is 27.7 Å². The fourth-order valence-corrected chi connectivity index (χ4v) is 1.59. The van der Waals surface area contributed by atoms with Crippen LogP contribution in [0.1, 0.15) is 5.56 Å². The first kappa shape index (κ1) is 10.8. The summed E-state index contributed by atoms with van der Waals surface area (Å²) in [5, 5.41) is 9.48. The molecule has 0 spiro atoms. The first-order chi connectivity index (χ1) is 6.15. The summed E-state index contributed by atoms with van der Waals surface area (Å²) in [6, 6.07) is 9.16. The molecule has 0 N–H and O–H groups in total. The third-order valence-electron chi connectivity index (χ3n) is 1.43. The SMILES string of the molecule is N#CC(=C(Br)Br)c1ccc(Cl)cc1. The van der Waals surface area contributed by atoms with E-state index in [9.17, 15) is 0 Å². The van der Waals surface area contributed by atoms with Gasteiger partial charge in [-0.15, -0.1) is 0 Å². The van der Waals surface area contributed by atoms with Gasteiger partial charge in [0.25, 0.3) is 0 Å². The number of halogens is 3. The lowest BCUT2D eigenvalue weighted by atomic mass is 10.1. The molecule has 0 bridgehead atoms. The van der Waals surface area contributed by atoms with E-state index in [4.69, 9.17) is 16.9 Å². The van der Waals surface area contributed by atoms with Gasteiger partial charge in [-0.05, 0) is 49.6 Å². The highest BCUT2D eigenvalue weighted by atomic mass is 79.9. The quantitative estimate of drug-likeness (QED) is 0.707. The molecule has 0 aromatic heterocycles. The molecule has 0 saturated heterocycles. The molecule has 1 rings (SSSR count). The van der Waals surface area contributed by atoms with Crippen molar-refractivity contribution in [3.8, 4) is 6.07 Å². The minimum atomic E-state index is 0.552. The molecule has 13 heavy (non-hydrogen) atoms. The van der Waals surface area contributed by atoms with Crippen molar-refractivity contribution >= 4 is 49.0 Å². The Kier molecular flexibility index (Phi) is 3.98. The Morgan fingerprint density at radius 1 is 1.23 bits per heavy atom. The normalized spacial score (nSPS) is 9.08. The molecule has 4 heteroatoms. The van der Waals surface area contributed by atoms with Crippen LogP contribution >= 0.6 is 43.5 Å². The second kappa shape index (κ2) is 4.80. The molecule has 0 amide bonds. The molecule has 66 valence electrons. The summed E-state index contributed by atoms with van der Waals surface area (Å²) < 4.78 is 0.643. The first-order valence-electron chi connectivity index (χ1n) is 3.36. The summed E-state index contributed by atoms with van der Waals surface area (Å²) in [6.07, 6.45) is 0. The third kappa shape index (κ3) is 2.84. The maximum absolute atomic E-state index is 8.82. The summed E-state index contributed by atoms with van der Waals surface area (Å²) in [4.78, 5) is 0. The number of benzene rings is 1. The molecule has 0 aliphatic carbocycles. The molecule has 1 nitrogen and oxygen atoms in total. The van der Waals surface area contributed by atoms with E-state index >= 15 is 0 Å². The smallest absolute Gasteiger partial charge is 0.102 e. The average molecular weight is 321 g/mol. The fraction of sp³-hybridized carbons (Fsp3) is 0. The van der Waals surface area contributed by atoms with Crippen LogP contribution in [0.2, 0.25) is 5.02 Å². The van der Waals surface area contributed by atoms with Crippen molar-refractivity contribution in [3.63, 3.8) is 0 Å². The van der Waals surface area contributed by atoms with Crippen molar-refractivity contribution in [1.82, 2.24) is 0 Å². The van der Waals surface area contributed by atoms with Crippen LogP contribution in [-0.2, 0) is 0 Å². The van der Waals surface area contributed by atoms with Crippen molar-refractivity contribution in [2.24, 2.45) is 0 Å². The standard InChI is InChI=1S/C9H4Br2ClN/c10-9(11)8(5-13)6-1-3-7(12)4-2-6/h1-4H. The zero-order valence-electron chi connectivity index (χ0n) is 6.39. The van der Waals surface area contributed by atoms with E-state index in [1.807, 2.05) is 0 Å². The Hall–Kier alpha value is -0.300. The highest BCUT2D eigenvalue weighted by Gasteiger charge is 2.03. The van der Waals surface area contributed by atoms with Crippen molar-refractivity contribution in [2.75, 3.05) is 0 Å². The van der Waals surface area contributed by atoms with Gasteiger partial charge in [-0.1, -0.05) is 23.7 Å². The molecule has 0 unspecified atom stereocenters. The van der Waals surface area contributed by atoms with Gasteiger partial charge < -0.3 is 0 Å². The molecule has 0 aliphatic rings. The van der Waals surface area contributed by atoms with Gasteiger partial charge in [0, 0.05) is 5.02 Å². The van der Waals surface area contributed by atoms with Gasteiger partial charge in [0.05, 0.1) is 8.96 Å². The zero-order valence-corrected chi connectivity index (χ0v) is 10.3. The van der Waals surface area contributed by atoms with Crippen molar-refractivity contribution < 1.29 is 0 Å². The Labute approximate surface area is 98.3 Å². The summed E-state index contributed by atoms with van der Waals surface area (Å²) in [7, 11) is 0. The number of hydrogen-bond donors (Lipinski definition) is 0. The predicted octanol–water partition coefficient (Wildman–Crippen LogP) is 4.32. The maximum Gasteiger partial charge on any atom is 0.102 e. The Bertz CT molecular complexity index is 372. The highest BCUT2D eigenvalue weighted by molar-refractivity contribution is 9.28. The van der Waals surface area contributed by atoms with E-state index in [1.165, 1.54) is 0 Å². The zero-order chi connectivity index (χ0) is 9.84. The van der Waals surface area contributed by atoms with Gasteiger partial charge in [-0.3, -0.25) is 0 Å². The molecule has 0 heterocycles.